The van der Waals surface area contributed by atoms with Crippen LogP contribution in [-0.2, 0) is 0 Å². The largest absolute Gasteiger partial charge is 0.333 e. The average molecular weight is 430 g/mol. The molecule has 0 aromatic heterocycles. The number of hydrogen-bond acceptors (Lipinski definition) is 4. The molecule has 2 aromatic carbocycles. The van der Waals surface area contributed by atoms with Gasteiger partial charge in [-0.15, -0.1) is 0 Å². The summed E-state index contributed by atoms with van der Waals surface area (Å²) in [7, 11) is 0. The summed E-state index contributed by atoms with van der Waals surface area (Å²) >= 11 is 6.14. The summed E-state index contributed by atoms with van der Waals surface area (Å²) in [5, 5.41) is 14.3. The fourth-order valence-electron chi connectivity index (χ4n) is 3.90. The van der Waals surface area contributed by atoms with Gasteiger partial charge >= 0.3 is 0 Å². The fraction of sp³-hybridized carbons (Fsp3) is 0.364. The van der Waals surface area contributed by atoms with Crippen LogP contribution in [0, 0.1) is 17.0 Å². The molecular formula is C22H24ClN3O4. The molecule has 7 nitrogen and oxygen atoms in total. The summed E-state index contributed by atoms with van der Waals surface area (Å²) in [5.41, 5.74) is 1.10. The van der Waals surface area contributed by atoms with Crippen LogP contribution >= 0.6 is 11.6 Å². The smallest absolute Gasteiger partial charge is 0.273 e. The first-order valence-corrected chi connectivity index (χ1v) is 10.3. The van der Waals surface area contributed by atoms with Crippen LogP contribution in [0.15, 0.2) is 36.4 Å². The highest BCUT2D eigenvalue weighted by molar-refractivity contribution is 6.31. The number of likely N-dealkylation sites (tertiary alicyclic amines) is 1. The van der Waals surface area contributed by atoms with Crippen molar-refractivity contribution in [2.45, 2.75) is 52.1 Å². The van der Waals surface area contributed by atoms with Gasteiger partial charge in [0.1, 0.15) is 0 Å². The topological polar surface area (TPSA) is 92.6 Å². The second kappa shape index (κ2) is 8.83. The molecule has 1 aliphatic rings. The molecule has 1 saturated heterocycles. The molecule has 0 saturated carbocycles. The molecule has 1 N–H and O–H groups in total. The molecule has 8 heteroatoms. The van der Waals surface area contributed by atoms with E-state index in [9.17, 15) is 19.7 Å². The van der Waals surface area contributed by atoms with Crippen molar-refractivity contribution in [1.29, 1.82) is 0 Å². The van der Waals surface area contributed by atoms with E-state index in [4.69, 9.17) is 11.6 Å². The van der Waals surface area contributed by atoms with E-state index in [0.29, 0.717) is 21.8 Å². The Morgan fingerprint density at radius 3 is 2.43 bits per heavy atom. The molecule has 2 aromatic rings. The van der Waals surface area contributed by atoms with Crippen molar-refractivity contribution in [3.05, 3.63) is 68.2 Å². The summed E-state index contributed by atoms with van der Waals surface area (Å²) in [5.74, 6) is -0.725. The number of aryl methyl sites for hydroxylation is 1. The third-order valence-corrected chi connectivity index (χ3v) is 5.79. The number of piperidine rings is 1. The fourth-order valence-corrected chi connectivity index (χ4v) is 4.08. The van der Waals surface area contributed by atoms with E-state index in [-0.39, 0.29) is 29.2 Å². The Bertz CT molecular complexity index is 998. The molecule has 0 spiro atoms. The summed E-state index contributed by atoms with van der Waals surface area (Å²) in [6.07, 6.45) is 2.91. The SMILES string of the molecule is Cc1ccc(C(=O)Nc2ccc(Cl)cc2C(=O)N2[C@@H](C)CCC[C@@H]2C)cc1[N+](=O)[O-]. The third kappa shape index (κ3) is 4.46. The Morgan fingerprint density at radius 1 is 1.13 bits per heavy atom. The van der Waals surface area contributed by atoms with Gasteiger partial charge in [0.05, 0.1) is 16.2 Å². The first-order chi connectivity index (χ1) is 14.2. The minimum atomic E-state index is -0.533. The maximum atomic E-state index is 13.3. The van der Waals surface area contributed by atoms with Gasteiger partial charge in [0.2, 0.25) is 0 Å². The van der Waals surface area contributed by atoms with Crippen molar-refractivity contribution < 1.29 is 14.5 Å². The zero-order valence-corrected chi connectivity index (χ0v) is 17.9. The van der Waals surface area contributed by atoms with Crippen molar-refractivity contribution in [3.63, 3.8) is 0 Å². The number of anilines is 1. The second-order valence-electron chi connectivity index (χ2n) is 7.74. The number of halogens is 1. The average Bonchev–Trinajstić information content (AvgIpc) is 2.69. The zero-order valence-electron chi connectivity index (χ0n) is 17.1. The van der Waals surface area contributed by atoms with E-state index in [1.165, 1.54) is 18.2 Å². The number of carbonyl (C=O) groups is 2. The Balaban J connectivity index is 1.92. The van der Waals surface area contributed by atoms with Crippen molar-refractivity contribution >= 4 is 34.8 Å². The van der Waals surface area contributed by atoms with Gasteiger partial charge in [-0.25, -0.2) is 0 Å². The number of nitro benzene ring substituents is 1. The highest BCUT2D eigenvalue weighted by atomic mass is 35.5. The Kier molecular flexibility index (Phi) is 6.41. The second-order valence-corrected chi connectivity index (χ2v) is 8.18. The van der Waals surface area contributed by atoms with E-state index in [1.54, 1.807) is 25.1 Å². The standard InChI is InChI=1S/C22H24ClN3O4/c1-13-7-8-16(11-20(13)26(29)30)21(27)24-19-10-9-17(23)12-18(19)22(28)25-14(2)5-4-6-15(25)3/h7-12,14-15H,4-6H2,1-3H3,(H,24,27)/t14-,15-/m0/s1. The monoisotopic (exact) mass is 429 g/mol. The molecule has 1 heterocycles. The Hall–Kier alpha value is -2.93. The summed E-state index contributed by atoms with van der Waals surface area (Å²) < 4.78 is 0. The quantitative estimate of drug-likeness (QED) is 0.533. The summed E-state index contributed by atoms with van der Waals surface area (Å²) in [4.78, 5) is 38.6. The minimum Gasteiger partial charge on any atom is -0.333 e. The summed E-state index contributed by atoms with van der Waals surface area (Å²) in [6.45, 7) is 5.64. The van der Waals surface area contributed by atoms with Crippen LogP contribution in [0.2, 0.25) is 5.02 Å². The molecule has 2 atom stereocenters. The molecule has 0 radical (unpaired) electrons. The van der Waals surface area contributed by atoms with Crippen molar-refractivity contribution in [2.24, 2.45) is 0 Å². The number of benzene rings is 2. The lowest BCUT2D eigenvalue weighted by atomic mass is 9.96. The lowest BCUT2D eigenvalue weighted by molar-refractivity contribution is -0.385. The van der Waals surface area contributed by atoms with Gasteiger partial charge in [0.25, 0.3) is 17.5 Å². The molecule has 30 heavy (non-hydrogen) atoms. The number of carbonyl (C=O) groups excluding carboxylic acids is 2. The van der Waals surface area contributed by atoms with Gasteiger partial charge in [-0.2, -0.15) is 0 Å². The normalized spacial score (nSPS) is 18.7. The number of hydrogen-bond donors (Lipinski definition) is 1. The van der Waals surface area contributed by atoms with E-state index >= 15 is 0 Å². The van der Waals surface area contributed by atoms with Gasteiger partial charge < -0.3 is 10.2 Å². The van der Waals surface area contributed by atoms with Gasteiger partial charge in [0, 0.05) is 34.3 Å². The molecule has 2 amide bonds. The van der Waals surface area contributed by atoms with E-state index < -0.39 is 10.8 Å². The molecular weight excluding hydrogens is 406 g/mol. The Morgan fingerprint density at radius 2 is 1.80 bits per heavy atom. The van der Waals surface area contributed by atoms with Crippen LogP contribution in [0.25, 0.3) is 0 Å². The molecule has 158 valence electrons. The molecule has 1 fully saturated rings. The molecule has 1 aliphatic heterocycles. The molecule has 3 rings (SSSR count). The van der Waals surface area contributed by atoms with E-state index in [0.717, 1.165) is 19.3 Å². The van der Waals surface area contributed by atoms with Crippen LogP contribution in [0.3, 0.4) is 0 Å². The highest BCUT2D eigenvalue weighted by Gasteiger charge is 2.31. The minimum absolute atomic E-state index is 0.0866. The van der Waals surface area contributed by atoms with Crippen molar-refractivity contribution in [1.82, 2.24) is 4.90 Å². The predicted molar refractivity (Wildman–Crippen MR) is 116 cm³/mol. The lowest BCUT2D eigenvalue weighted by Crippen LogP contribution is -2.47. The zero-order chi connectivity index (χ0) is 22.0. The number of rotatable bonds is 4. The summed E-state index contributed by atoms with van der Waals surface area (Å²) in [6, 6.07) is 9.17. The van der Waals surface area contributed by atoms with Crippen LogP contribution in [-0.4, -0.2) is 33.7 Å². The first-order valence-electron chi connectivity index (χ1n) is 9.87. The number of nitro groups is 1. The Labute approximate surface area is 180 Å². The molecule has 0 aliphatic carbocycles. The predicted octanol–water partition coefficient (Wildman–Crippen LogP) is 5.21. The molecule has 0 unspecified atom stereocenters. The van der Waals surface area contributed by atoms with E-state index in [1.807, 2.05) is 18.7 Å². The van der Waals surface area contributed by atoms with Crippen LogP contribution in [0.5, 0.6) is 0 Å². The van der Waals surface area contributed by atoms with Crippen LogP contribution in [0.1, 0.15) is 59.4 Å². The van der Waals surface area contributed by atoms with Crippen molar-refractivity contribution in [3.8, 4) is 0 Å². The maximum Gasteiger partial charge on any atom is 0.273 e. The van der Waals surface area contributed by atoms with Crippen LogP contribution < -0.4 is 5.32 Å². The lowest BCUT2D eigenvalue weighted by Gasteiger charge is -2.39. The first kappa shape index (κ1) is 21.8. The maximum absolute atomic E-state index is 13.3. The van der Waals surface area contributed by atoms with Crippen LogP contribution in [0.4, 0.5) is 11.4 Å². The van der Waals surface area contributed by atoms with Gasteiger partial charge in [0.15, 0.2) is 0 Å². The van der Waals surface area contributed by atoms with Gasteiger partial charge in [-0.1, -0.05) is 17.7 Å². The number of nitrogens with one attached hydrogen (secondary N) is 1. The highest BCUT2D eigenvalue weighted by Crippen LogP contribution is 2.29. The van der Waals surface area contributed by atoms with Gasteiger partial charge in [-0.3, -0.25) is 19.7 Å². The van der Waals surface area contributed by atoms with Gasteiger partial charge in [-0.05, 0) is 64.3 Å². The third-order valence-electron chi connectivity index (χ3n) is 5.56. The molecule has 0 bridgehead atoms. The van der Waals surface area contributed by atoms with E-state index in [2.05, 4.69) is 5.32 Å². The van der Waals surface area contributed by atoms with Crippen molar-refractivity contribution in [2.75, 3.05) is 5.32 Å². The number of amides is 2. The number of nitrogens with zero attached hydrogens (tertiary/aromatic N) is 2.